The van der Waals surface area contributed by atoms with Crippen molar-refractivity contribution in [3.05, 3.63) is 99.5 Å². The topological polar surface area (TPSA) is 58.2 Å². The molecule has 0 fully saturated rings. The van der Waals surface area contributed by atoms with Crippen LogP contribution in [0.1, 0.15) is 31.8 Å². The summed E-state index contributed by atoms with van der Waals surface area (Å²) < 4.78 is 0.868. The number of hydrogen-bond donors (Lipinski definition) is 2. The summed E-state index contributed by atoms with van der Waals surface area (Å²) in [5, 5.41) is 5.76. The molecule has 0 unspecified atom stereocenters. The summed E-state index contributed by atoms with van der Waals surface area (Å²) in [4.78, 5) is 25.2. The fourth-order valence-corrected chi connectivity index (χ4v) is 3.16. The van der Waals surface area contributed by atoms with Gasteiger partial charge in [0.25, 0.3) is 11.8 Å². The van der Waals surface area contributed by atoms with Crippen molar-refractivity contribution in [3.8, 4) is 0 Å². The first-order chi connectivity index (χ1) is 13.5. The predicted molar refractivity (Wildman–Crippen MR) is 116 cm³/mol. The van der Waals surface area contributed by atoms with Gasteiger partial charge >= 0.3 is 0 Å². The maximum atomic E-state index is 12.6. The van der Waals surface area contributed by atoms with Crippen molar-refractivity contribution < 1.29 is 9.59 Å². The van der Waals surface area contributed by atoms with Gasteiger partial charge in [-0.25, -0.2) is 0 Å². The lowest BCUT2D eigenvalue weighted by molar-refractivity contribution is 0.0955. The van der Waals surface area contributed by atoms with Crippen molar-refractivity contribution in [1.29, 1.82) is 0 Å². The molecule has 0 aliphatic heterocycles. The van der Waals surface area contributed by atoms with Gasteiger partial charge in [0.05, 0.1) is 11.3 Å². The van der Waals surface area contributed by atoms with E-state index in [2.05, 4.69) is 26.6 Å². The van der Waals surface area contributed by atoms with Crippen LogP contribution in [0.15, 0.2) is 77.3 Å². The fourth-order valence-electron chi connectivity index (χ4n) is 2.78. The Balaban J connectivity index is 1.67. The van der Waals surface area contributed by atoms with E-state index in [1.165, 1.54) is 0 Å². The second-order valence-electron chi connectivity index (χ2n) is 6.46. The van der Waals surface area contributed by atoms with Crippen molar-refractivity contribution in [3.63, 3.8) is 0 Å². The number of halogens is 1. The third-order valence-corrected chi connectivity index (χ3v) is 5.25. The number of amides is 2. The minimum Gasteiger partial charge on any atom is -0.352 e. The van der Waals surface area contributed by atoms with Gasteiger partial charge in [-0.15, -0.1) is 0 Å². The highest BCUT2D eigenvalue weighted by Gasteiger charge is 2.14. The fraction of sp³-hybridized carbons (Fsp3) is 0.130. The van der Waals surface area contributed by atoms with E-state index in [1.807, 2.05) is 43.3 Å². The van der Waals surface area contributed by atoms with Crippen LogP contribution in [-0.4, -0.2) is 18.4 Å². The van der Waals surface area contributed by atoms with E-state index in [0.29, 0.717) is 23.4 Å². The number of carbonyl (C=O) groups is 2. The van der Waals surface area contributed by atoms with Gasteiger partial charge in [0, 0.05) is 16.6 Å². The molecule has 3 aromatic carbocycles. The van der Waals surface area contributed by atoms with Gasteiger partial charge < -0.3 is 10.6 Å². The highest BCUT2D eigenvalue weighted by atomic mass is 79.9. The van der Waals surface area contributed by atoms with Crippen LogP contribution in [0, 0.1) is 6.92 Å². The van der Waals surface area contributed by atoms with E-state index in [1.54, 1.807) is 36.4 Å². The summed E-state index contributed by atoms with van der Waals surface area (Å²) in [5.41, 5.74) is 3.66. The van der Waals surface area contributed by atoms with Crippen molar-refractivity contribution in [2.75, 3.05) is 11.9 Å². The lowest BCUT2D eigenvalue weighted by atomic mass is 10.1. The first-order valence-electron chi connectivity index (χ1n) is 9.03. The third kappa shape index (κ3) is 5.08. The number of carbonyl (C=O) groups excluding carboxylic acids is 2. The molecular weight excluding hydrogens is 416 g/mol. The van der Waals surface area contributed by atoms with E-state index in [0.717, 1.165) is 22.0 Å². The number of hydrogen-bond acceptors (Lipinski definition) is 2. The quantitative estimate of drug-likeness (QED) is 0.572. The van der Waals surface area contributed by atoms with Crippen molar-refractivity contribution >= 4 is 33.4 Å². The average molecular weight is 437 g/mol. The molecule has 0 atom stereocenters. The molecule has 0 saturated heterocycles. The Hall–Kier alpha value is -2.92. The number of rotatable bonds is 6. The lowest BCUT2D eigenvalue weighted by Crippen LogP contribution is -2.27. The van der Waals surface area contributed by atoms with Crippen LogP contribution in [0.4, 0.5) is 5.69 Å². The summed E-state index contributed by atoms with van der Waals surface area (Å²) >= 11 is 3.44. The van der Waals surface area contributed by atoms with Gasteiger partial charge in [-0.05, 0) is 48.7 Å². The Bertz CT molecular complexity index is 987. The van der Waals surface area contributed by atoms with Crippen LogP contribution in [0.3, 0.4) is 0 Å². The van der Waals surface area contributed by atoms with Gasteiger partial charge in [0.1, 0.15) is 0 Å². The predicted octanol–water partition coefficient (Wildman–Crippen LogP) is 4.98. The summed E-state index contributed by atoms with van der Waals surface area (Å²) in [7, 11) is 0. The van der Waals surface area contributed by atoms with Crippen LogP contribution < -0.4 is 10.6 Å². The molecule has 0 aliphatic rings. The zero-order valence-electron chi connectivity index (χ0n) is 15.5. The zero-order chi connectivity index (χ0) is 19.9. The number of para-hydroxylation sites is 1. The second-order valence-corrected chi connectivity index (χ2v) is 7.31. The van der Waals surface area contributed by atoms with Gasteiger partial charge in [0.15, 0.2) is 0 Å². The second kappa shape index (κ2) is 9.33. The highest BCUT2D eigenvalue weighted by molar-refractivity contribution is 9.10. The van der Waals surface area contributed by atoms with Crippen LogP contribution in [0.5, 0.6) is 0 Å². The molecule has 2 N–H and O–H groups in total. The third-order valence-electron chi connectivity index (χ3n) is 4.40. The number of aryl methyl sites for hydroxylation is 1. The molecule has 4 nitrogen and oxygen atoms in total. The van der Waals surface area contributed by atoms with Gasteiger partial charge in [-0.2, -0.15) is 0 Å². The van der Waals surface area contributed by atoms with E-state index in [4.69, 9.17) is 0 Å². The van der Waals surface area contributed by atoms with E-state index in [9.17, 15) is 9.59 Å². The molecule has 0 spiro atoms. The Kier molecular flexibility index (Phi) is 6.61. The molecule has 0 saturated carbocycles. The lowest BCUT2D eigenvalue weighted by Gasteiger charge is -2.12. The SMILES string of the molecule is Cc1ccc(C(=O)Nc2ccccc2C(=O)NCCc2ccccc2)cc1Br. The number of benzene rings is 3. The molecule has 0 bridgehead atoms. The Morgan fingerprint density at radius 2 is 1.61 bits per heavy atom. The summed E-state index contributed by atoms with van der Waals surface area (Å²) in [6.45, 7) is 2.48. The average Bonchev–Trinajstić information content (AvgIpc) is 2.71. The summed E-state index contributed by atoms with van der Waals surface area (Å²) in [6, 6.07) is 22.4. The molecule has 0 aromatic heterocycles. The van der Waals surface area contributed by atoms with Crippen LogP contribution in [0.2, 0.25) is 0 Å². The van der Waals surface area contributed by atoms with Crippen molar-refractivity contribution in [2.24, 2.45) is 0 Å². The van der Waals surface area contributed by atoms with Crippen molar-refractivity contribution in [2.45, 2.75) is 13.3 Å². The molecule has 2 amide bonds. The van der Waals surface area contributed by atoms with Gasteiger partial charge in [-0.1, -0.05) is 64.5 Å². The van der Waals surface area contributed by atoms with Crippen LogP contribution >= 0.6 is 15.9 Å². The Morgan fingerprint density at radius 1 is 0.893 bits per heavy atom. The maximum absolute atomic E-state index is 12.6. The first kappa shape index (κ1) is 19.8. The van der Waals surface area contributed by atoms with E-state index >= 15 is 0 Å². The Labute approximate surface area is 173 Å². The molecule has 3 rings (SSSR count). The molecule has 3 aromatic rings. The summed E-state index contributed by atoms with van der Waals surface area (Å²) in [6.07, 6.45) is 0.749. The monoisotopic (exact) mass is 436 g/mol. The highest BCUT2D eigenvalue weighted by Crippen LogP contribution is 2.20. The van der Waals surface area contributed by atoms with Gasteiger partial charge in [-0.3, -0.25) is 9.59 Å². The molecule has 0 aliphatic carbocycles. The van der Waals surface area contributed by atoms with Crippen LogP contribution in [0.25, 0.3) is 0 Å². The first-order valence-corrected chi connectivity index (χ1v) is 9.82. The molecule has 28 heavy (non-hydrogen) atoms. The summed E-state index contributed by atoms with van der Waals surface area (Å²) in [5.74, 6) is -0.470. The van der Waals surface area contributed by atoms with Gasteiger partial charge in [0.2, 0.25) is 0 Å². The Morgan fingerprint density at radius 3 is 2.36 bits per heavy atom. The maximum Gasteiger partial charge on any atom is 0.255 e. The van der Waals surface area contributed by atoms with Crippen LogP contribution in [-0.2, 0) is 6.42 Å². The zero-order valence-corrected chi connectivity index (χ0v) is 17.1. The molecular formula is C23H21BrN2O2. The smallest absolute Gasteiger partial charge is 0.255 e. The molecule has 0 radical (unpaired) electrons. The number of anilines is 1. The van der Waals surface area contributed by atoms with E-state index in [-0.39, 0.29) is 11.8 Å². The standard InChI is InChI=1S/C23H21BrN2O2/c1-16-11-12-18(15-20(16)24)22(27)26-21-10-6-5-9-19(21)23(28)25-14-13-17-7-3-2-4-8-17/h2-12,15H,13-14H2,1H3,(H,25,28)(H,26,27). The largest absolute Gasteiger partial charge is 0.352 e. The molecule has 0 heterocycles. The molecule has 142 valence electrons. The molecule has 5 heteroatoms. The van der Waals surface area contributed by atoms with E-state index < -0.39 is 0 Å². The normalized spacial score (nSPS) is 10.4. The minimum absolute atomic E-state index is 0.211. The number of nitrogens with one attached hydrogen (secondary N) is 2. The minimum atomic E-state index is -0.259. The van der Waals surface area contributed by atoms with Crippen molar-refractivity contribution in [1.82, 2.24) is 5.32 Å².